The van der Waals surface area contributed by atoms with Crippen LogP contribution in [0.4, 0.5) is 0 Å². The molecule has 18 heavy (non-hydrogen) atoms. The van der Waals surface area contributed by atoms with Crippen LogP contribution in [-0.2, 0) is 14.8 Å². The van der Waals surface area contributed by atoms with E-state index in [1.165, 1.54) is 12.3 Å². The number of carbonyl (C=O) groups is 1. The predicted molar refractivity (Wildman–Crippen MR) is 65.8 cm³/mol. The highest BCUT2D eigenvalue weighted by Gasteiger charge is 2.28. The molecule has 0 aromatic carbocycles. The SMILES string of the molecule is CC(C)[C@H](NS(=O)(=O)c1cncc(Cl)c1)C(=O)O. The summed E-state index contributed by atoms with van der Waals surface area (Å²) in [6.07, 6.45) is 2.39. The van der Waals surface area contributed by atoms with Gasteiger partial charge in [-0.2, -0.15) is 4.72 Å². The van der Waals surface area contributed by atoms with Gasteiger partial charge in [0.25, 0.3) is 0 Å². The Morgan fingerprint density at radius 1 is 1.44 bits per heavy atom. The van der Waals surface area contributed by atoms with E-state index in [2.05, 4.69) is 9.71 Å². The molecule has 0 unspecified atom stereocenters. The minimum Gasteiger partial charge on any atom is -0.480 e. The molecule has 1 heterocycles. The van der Waals surface area contributed by atoms with Crippen LogP contribution >= 0.6 is 11.6 Å². The Balaban J connectivity index is 3.05. The first kappa shape index (κ1) is 14.9. The minimum atomic E-state index is -3.95. The summed E-state index contributed by atoms with van der Waals surface area (Å²) < 4.78 is 26.0. The smallest absolute Gasteiger partial charge is 0.322 e. The van der Waals surface area contributed by atoms with Gasteiger partial charge in [-0.3, -0.25) is 9.78 Å². The lowest BCUT2D eigenvalue weighted by molar-refractivity contribution is -0.140. The molecule has 1 aromatic rings. The highest BCUT2D eigenvalue weighted by molar-refractivity contribution is 7.89. The van der Waals surface area contributed by atoms with E-state index >= 15 is 0 Å². The van der Waals surface area contributed by atoms with Crippen LogP contribution in [0.5, 0.6) is 0 Å². The first-order valence-corrected chi connectivity index (χ1v) is 6.96. The van der Waals surface area contributed by atoms with Crippen LogP contribution in [0.1, 0.15) is 13.8 Å². The Labute approximate surface area is 110 Å². The van der Waals surface area contributed by atoms with Gasteiger partial charge in [0.1, 0.15) is 10.9 Å². The summed E-state index contributed by atoms with van der Waals surface area (Å²) in [7, 11) is -3.95. The van der Waals surface area contributed by atoms with Crippen molar-refractivity contribution in [3.63, 3.8) is 0 Å². The van der Waals surface area contributed by atoms with Gasteiger partial charge in [0.05, 0.1) is 5.02 Å². The van der Waals surface area contributed by atoms with Gasteiger partial charge >= 0.3 is 5.97 Å². The molecule has 2 N–H and O–H groups in total. The molecule has 0 spiro atoms. The summed E-state index contributed by atoms with van der Waals surface area (Å²) >= 11 is 5.64. The maximum atomic E-state index is 11.9. The summed E-state index contributed by atoms with van der Waals surface area (Å²) in [5.41, 5.74) is 0. The number of hydrogen-bond acceptors (Lipinski definition) is 4. The van der Waals surface area contributed by atoms with E-state index in [9.17, 15) is 13.2 Å². The van der Waals surface area contributed by atoms with Gasteiger partial charge in [-0.1, -0.05) is 25.4 Å². The van der Waals surface area contributed by atoms with E-state index < -0.39 is 22.0 Å². The second-order valence-corrected chi connectivity index (χ2v) is 6.17. The van der Waals surface area contributed by atoms with Gasteiger partial charge in [0.2, 0.25) is 10.0 Å². The van der Waals surface area contributed by atoms with Crippen molar-refractivity contribution in [2.24, 2.45) is 5.92 Å². The standard InChI is InChI=1S/C10H13ClN2O4S/c1-6(2)9(10(14)15)13-18(16,17)8-3-7(11)4-12-5-8/h3-6,9,13H,1-2H3,(H,14,15)/t9-/m0/s1. The maximum Gasteiger partial charge on any atom is 0.322 e. The average Bonchev–Trinajstić information content (AvgIpc) is 2.25. The van der Waals surface area contributed by atoms with E-state index in [0.29, 0.717) is 0 Å². The van der Waals surface area contributed by atoms with E-state index in [1.54, 1.807) is 13.8 Å². The molecule has 8 heteroatoms. The topological polar surface area (TPSA) is 96.4 Å². The zero-order valence-corrected chi connectivity index (χ0v) is 11.4. The summed E-state index contributed by atoms with van der Waals surface area (Å²) in [4.78, 5) is 14.4. The molecule has 1 aromatic heterocycles. The summed E-state index contributed by atoms with van der Waals surface area (Å²) in [6, 6.07) is 0.00447. The molecule has 0 fully saturated rings. The fourth-order valence-electron chi connectivity index (χ4n) is 1.25. The summed E-state index contributed by atoms with van der Waals surface area (Å²) in [6.45, 7) is 3.22. The lowest BCUT2D eigenvalue weighted by atomic mass is 10.1. The number of nitrogens with zero attached hydrogens (tertiary/aromatic N) is 1. The summed E-state index contributed by atoms with van der Waals surface area (Å²) in [5, 5.41) is 9.10. The number of aliphatic carboxylic acids is 1. The average molecular weight is 293 g/mol. The van der Waals surface area contributed by atoms with Crippen molar-refractivity contribution in [1.29, 1.82) is 0 Å². The molecule has 1 atom stereocenters. The van der Waals surface area contributed by atoms with Crippen LogP contribution in [0, 0.1) is 5.92 Å². The van der Waals surface area contributed by atoms with Crippen LogP contribution in [0.2, 0.25) is 5.02 Å². The molecule has 6 nitrogen and oxygen atoms in total. The fourth-order valence-corrected chi connectivity index (χ4v) is 2.81. The van der Waals surface area contributed by atoms with Crippen molar-refractivity contribution in [2.75, 3.05) is 0 Å². The van der Waals surface area contributed by atoms with Crippen molar-refractivity contribution in [3.05, 3.63) is 23.5 Å². The van der Waals surface area contributed by atoms with Crippen LogP contribution in [0.3, 0.4) is 0 Å². The van der Waals surface area contributed by atoms with Crippen molar-refractivity contribution in [2.45, 2.75) is 24.8 Å². The Hall–Kier alpha value is -1.18. The predicted octanol–water partition coefficient (Wildman–Crippen LogP) is 1.12. The van der Waals surface area contributed by atoms with Gasteiger partial charge in [-0.25, -0.2) is 8.42 Å². The third-order valence-electron chi connectivity index (χ3n) is 2.20. The molecule has 0 radical (unpaired) electrons. The van der Waals surface area contributed by atoms with Crippen LogP contribution in [0.15, 0.2) is 23.4 Å². The first-order valence-electron chi connectivity index (χ1n) is 5.09. The highest BCUT2D eigenvalue weighted by atomic mass is 35.5. The maximum absolute atomic E-state index is 11.9. The van der Waals surface area contributed by atoms with Crippen molar-refractivity contribution < 1.29 is 18.3 Å². The first-order chi connectivity index (χ1) is 8.24. The van der Waals surface area contributed by atoms with E-state index in [4.69, 9.17) is 16.7 Å². The number of pyridine rings is 1. The zero-order valence-electron chi connectivity index (χ0n) is 9.79. The zero-order chi connectivity index (χ0) is 13.9. The van der Waals surface area contributed by atoms with Crippen molar-refractivity contribution in [1.82, 2.24) is 9.71 Å². The third kappa shape index (κ3) is 3.66. The normalized spacial score (nSPS) is 13.6. The lowest BCUT2D eigenvalue weighted by Gasteiger charge is -2.17. The van der Waals surface area contributed by atoms with Gasteiger partial charge < -0.3 is 5.11 Å². The summed E-state index contributed by atoms with van der Waals surface area (Å²) in [5.74, 6) is -1.62. The number of nitrogens with one attached hydrogen (secondary N) is 1. The Morgan fingerprint density at radius 3 is 2.50 bits per heavy atom. The van der Waals surface area contributed by atoms with Crippen molar-refractivity contribution >= 4 is 27.6 Å². The molecule has 0 aliphatic heterocycles. The Bertz CT molecular complexity index is 545. The number of aromatic nitrogens is 1. The van der Waals surface area contributed by atoms with Crippen LogP contribution in [-0.4, -0.2) is 30.5 Å². The monoisotopic (exact) mass is 292 g/mol. The number of sulfonamides is 1. The second kappa shape index (κ2) is 5.64. The molecule has 0 aliphatic carbocycles. The molecular weight excluding hydrogens is 280 g/mol. The van der Waals surface area contributed by atoms with E-state index in [1.807, 2.05) is 0 Å². The largest absolute Gasteiger partial charge is 0.480 e. The highest BCUT2D eigenvalue weighted by Crippen LogP contribution is 2.15. The molecule has 0 aliphatic rings. The van der Waals surface area contributed by atoms with Crippen LogP contribution < -0.4 is 4.72 Å². The fraction of sp³-hybridized carbons (Fsp3) is 0.400. The van der Waals surface area contributed by atoms with E-state index in [-0.39, 0.29) is 15.8 Å². The minimum absolute atomic E-state index is 0.161. The van der Waals surface area contributed by atoms with Crippen molar-refractivity contribution in [3.8, 4) is 0 Å². The number of carboxylic acids is 1. The van der Waals surface area contributed by atoms with Gasteiger partial charge in [-0.05, 0) is 12.0 Å². The molecule has 100 valence electrons. The molecule has 0 bridgehead atoms. The second-order valence-electron chi connectivity index (χ2n) is 4.02. The van der Waals surface area contributed by atoms with Gasteiger partial charge in [0.15, 0.2) is 0 Å². The Morgan fingerprint density at radius 2 is 2.06 bits per heavy atom. The van der Waals surface area contributed by atoms with Gasteiger partial charge in [0, 0.05) is 12.4 Å². The molecule has 0 saturated heterocycles. The number of halogens is 1. The van der Waals surface area contributed by atoms with Crippen LogP contribution in [0.25, 0.3) is 0 Å². The molecule has 0 saturated carbocycles. The number of hydrogen-bond donors (Lipinski definition) is 2. The lowest BCUT2D eigenvalue weighted by Crippen LogP contribution is -2.44. The van der Waals surface area contributed by atoms with E-state index in [0.717, 1.165) is 6.20 Å². The molecule has 0 amide bonds. The number of rotatable bonds is 5. The van der Waals surface area contributed by atoms with Gasteiger partial charge in [-0.15, -0.1) is 0 Å². The molecule has 1 rings (SSSR count). The third-order valence-corrected chi connectivity index (χ3v) is 3.82. The quantitative estimate of drug-likeness (QED) is 0.848. The molecular formula is C10H13ClN2O4S. The Kier molecular flexibility index (Phi) is 4.66. The number of carboxylic acid groups (broad SMARTS) is 1.